The quantitative estimate of drug-likeness (QED) is 0.273. The van der Waals surface area contributed by atoms with Crippen LogP contribution in [0.2, 0.25) is 0 Å². The summed E-state index contributed by atoms with van der Waals surface area (Å²) in [6, 6.07) is 16.0. The van der Waals surface area contributed by atoms with Crippen LogP contribution in [-0.4, -0.2) is 48.4 Å². The lowest BCUT2D eigenvalue weighted by molar-refractivity contribution is 0.397. The summed E-state index contributed by atoms with van der Waals surface area (Å²) in [6.07, 6.45) is 5.41. The molecule has 4 aromatic rings. The zero-order valence-corrected chi connectivity index (χ0v) is 22.0. The Balaban J connectivity index is 1.58. The van der Waals surface area contributed by atoms with Crippen LogP contribution < -0.4 is 23.8 Å². The standard InChI is InChI=1S/C29H31N5O4/c1-35-22-11-5-19(6-12-22)16-34(17-20-7-13-23(36-2)14-8-20)28-24(37-3)15-30-27(33-28)25-26(21-9-10-21)31-18-32-29(25)38-4/h5-8,11-15,18,21H,9-10,16-17H2,1-4H3. The van der Waals surface area contributed by atoms with Gasteiger partial charge in [0.05, 0.1) is 40.3 Å². The molecule has 1 aliphatic carbocycles. The lowest BCUT2D eigenvalue weighted by atomic mass is 10.1. The van der Waals surface area contributed by atoms with E-state index in [1.807, 2.05) is 48.5 Å². The minimum Gasteiger partial charge on any atom is -0.497 e. The Kier molecular flexibility index (Phi) is 7.53. The third-order valence-electron chi connectivity index (χ3n) is 6.54. The molecule has 0 N–H and O–H groups in total. The molecule has 0 saturated heterocycles. The van der Waals surface area contributed by atoms with Crippen molar-refractivity contribution in [2.24, 2.45) is 0 Å². The number of benzene rings is 2. The molecule has 0 atom stereocenters. The molecule has 9 nitrogen and oxygen atoms in total. The van der Waals surface area contributed by atoms with Crippen molar-refractivity contribution < 1.29 is 18.9 Å². The van der Waals surface area contributed by atoms with E-state index in [-0.39, 0.29) is 0 Å². The minimum absolute atomic E-state index is 0.366. The number of ether oxygens (including phenoxy) is 4. The molecule has 2 aromatic heterocycles. The molecule has 38 heavy (non-hydrogen) atoms. The van der Waals surface area contributed by atoms with Crippen LogP contribution in [0.1, 0.15) is 35.6 Å². The van der Waals surface area contributed by atoms with Gasteiger partial charge in [-0.2, -0.15) is 0 Å². The zero-order valence-electron chi connectivity index (χ0n) is 22.0. The average molecular weight is 514 g/mol. The maximum atomic E-state index is 5.74. The number of nitrogens with zero attached hydrogens (tertiary/aromatic N) is 5. The minimum atomic E-state index is 0.366. The van der Waals surface area contributed by atoms with Gasteiger partial charge in [0.25, 0.3) is 0 Å². The van der Waals surface area contributed by atoms with Crippen molar-refractivity contribution in [1.29, 1.82) is 0 Å². The molecule has 1 fully saturated rings. The van der Waals surface area contributed by atoms with Crippen molar-refractivity contribution in [3.63, 3.8) is 0 Å². The molecule has 2 aromatic carbocycles. The van der Waals surface area contributed by atoms with Gasteiger partial charge in [-0.15, -0.1) is 0 Å². The summed E-state index contributed by atoms with van der Waals surface area (Å²) in [5.74, 6) is 4.19. The molecule has 0 aliphatic heterocycles. The second kappa shape index (κ2) is 11.3. The van der Waals surface area contributed by atoms with Crippen LogP contribution in [0.3, 0.4) is 0 Å². The van der Waals surface area contributed by atoms with Gasteiger partial charge in [-0.05, 0) is 48.2 Å². The van der Waals surface area contributed by atoms with Crippen LogP contribution >= 0.6 is 0 Å². The van der Waals surface area contributed by atoms with Gasteiger partial charge in [-0.3, -0.25) is 0 Å². The molecule has 1 saturated carbocycles. The van der Waals surface area contributed by atoms with Gasteiger partial charge >= 0.3 is 0 Å². The number of rotatable bonds is 11. The predicted molar refractivity (Wildman–Crippen MR) is 144 cm³/mol. The Morgan fingerprint density at radius 1 is 0.737 bits per heavy atom. The first kappa shape index (κ1) is 25.3. The molecular formula is C29H31N5O4. The van der Waals surface area contributed by atoms with E-state index >= 15 is 0 Å². The van der Waals surface area contributed by atoms with Gasteiger partial charge in [-0.25, -0.2) is 19.9 Å². The third-order valence-corrected chi connectivity index (χ3v) is 6.54. The number of methoxy groups -OCH3 is 4. The zero-order chi connectivity index (χ0) is 26.5. The average Bonchev–Trinajstić information content (AvgIpc) is 3.82. The van der Waals surface area contributed by atoms with E-state index in [1.54, 1.807) is 41.0 Å². The van der Waals surface area contributed by atoms with Gasteiger partial charge < -0.3 is 23.8 Å². The Morgan fingerprint density at radius 3 is 1.84 bits per heavy atom. The topological polar surface area (TPSA) is 91.7 Å². The SMILES string of the molecule is COc1ccc(CN(Cc2ccc(OC)cc2)c2nc(-c3c(OC)ncnc3C3CC3)ncc2OC)cc1. The molecule has 0 amide bonds. The van der Waals surface area contributed by atoms with E-state index in [0.717, 1.165) is 46.7 Å². The molecule has 2 heterocycles. The molecule has 0 radical (unpaired) electrons. The van der Waals surface area contributed by atoms with Gasteiger partial charge in [0.2, 0.25) is 5.88 Å². The van der Waals surface area contributed by atoms with Gasteiger partial charge in [-0.1, -0.05) is 24.3 Å². The van der Waals surface area contributed by atoms with Crippen molar-refractivity contribution in [2.45, 2.75) is 31.8 Å². The van der Waals surface area contributed by atoms with E-state index in [1.165, 1.54) is 0 Å². The summed E-state index contributed by atoms with van der Waals surface area (Å²) >= 11 is 0. The lowest BCUT2D eigenvalue weighted by Crippen LogP contribution is -2.24. The van der Waals surface area contributed by atoms with E-state index in [4.69, 9.17) is 23.9 Å². The maximum Gasteiger partial charge on any atom is 0.227 e. The highest BCUT2D eigenvalue weighted by Gasteiger charge is 2.32. The van der Waals surface area contributed by atoms with Crippen molar-refractivity contribution in [3.8, 4) is 34.5 Å². The van der Waals surface area contributed by atoms with Crippen LogP contribution in [0.4, 0.5) is 5.82 Å². The summed E-state index contributed by atoms with van der Waals surface area (Å²) in [7, 11) is 6.56. The van der Waals surface area contributed by atoms with Gasteiger partial charge in [0, 0.05) is 19.0 Å². The van der Waals surface area contributed by atoms with E-state index in [2.05, 4.69) is 19.9 Å². The molecule has 5 rings (SSSR count). The van der Waals surface area contributed by atoms with E-state index in [9.17, 15) is 0 Å². The van der Waals surface area contributed by atoms with Crippen LogP contribution in [0, 0.1) is 0 Å². The van der Waals surface area contributed by atoms with Crippen molar-refractivity contribution >= 4 is 5.82 Å². The first-order valence-electron chi connectivity index (χ1n) is 12.4. The third kappa shape index (κ3) is 5.46. The Hall–Kier alpha value is -4.40. The van der Waals surface area contributed by atoms with Crippen molar-refractivity contribution in [2.75, 3.05) is 33.3 Å². The maximum absolute atomic E-state index is 5.74. The summed E-state index contributed by atoms with van der Waals surface area (Å²) in [5.41, 5.74) is 3.85. The Labute approximate surface area is 222 Å². The van der Waals surface area contributed by atoms with E-state index in [0.29, 0.717) is 42.3 Å². The van der Waals surface area contributed by atoms with Gasteiger partial charge in [0.1, 0.15) is 23.4 Å². The van der Waals surface area contributed by atoms with Crippen LogP contribution in [0.25, 0.3) is 11.4 Å². The number of hydrogen-bond donors (Lipinski definition) is 0. The summed E-state index contributed by atoms with van der Waals surface area (Å²) in [6.45, 7) is 1.17. The van der Waals surface area contributed by atoms with Gasteiger partial charge in [0.15, 0.2) is 17.4 Å². The fraction of sp³-hybridized carbons (Fsp3) is 0.310. The van der Waals surface area contributed by atoms with Crippen molar-refractivity contribution in [1.82, 2.24) is 19.9 Å². The fourth-order valence-electron chi connectivity index (χ4n) is 4.37. The molecular weight excluding hydrogens is 482 g/mol. The van der Waals surface area contributed by atoms with E-state index < -0.39 is 0 Å². The number of anilines is 1. The smallest absolute Gasteiger partial charge is 0.227 e. The van der Waals surface area contributed by atoms with Crippen LogP contribution in [0.5, 0.6) is 23.1 Å². The lowest BCUT2D eigenvalue weighted by Gasteiger charge is -2.26. The number of hydrogen-bond acceptors (Lipinski definition) is 9. The molecule has 0 unspecified atom stereocenters. The first-order valence-corrected chi connectivity index (χ1v) is 12.4. The number of aromatic nitrogens is 4. The van der Waals surface area contributed by atoms with Crippen LogP contribution in [0.15, 0.2) is 61.1 Å². The van der Waals surface area contributed by atoms with Crippen molar-refractivity contribution in [3.05, 3.63) is 77.9 Å². The molecule has 196 valence electrons. The largest absolute Gasteiger partial charge is 0.497 e. The fourth-order valence-corrected chi connectivity index (χ4v) is 4.37. The summed E-state index contributed by atoms with van der Waals surface area (Å²) < 4.78 is 22.0. The highest BCUT2D eigenvalue weighted by atomic mass is 16.5. The second-order valence-corrected chi connectivity index (χ2v) is 9.06. The second-order valence-electron chi connectivity index (χ2n) is 9.06. The van der Waals surface area contributed by atoms with Crippen LogP contribution in [-0.2, 0) is 13.1 Å². The molecule has 0 spiro atoms. The summed E-state index contributed by atoms with van der Waals surface area (Å²) in [5, 5.41) is 0. The monoisotopic (exact) mass is 513 g/mol. The Morgan fingerprint density at radius 2 is 1.34 bits per heavy atom. The highest BCUT2D eigenvalue weighted by molar-refractivity contribution is 5.68. The molecule has 0 bridgehead atoms. The predicted octanol–water partition coefficient (Wildman–Crippen LogP) is 5.05. The molecule has 9 heteroatoms. The summed E-state index contributed by atoms with van der Waals surface area (Å²) in [4.78, 5) is 20.8. The Bertz CT molecular complexity index is 1330. The molecule has 1 aliphatic rings. The normalized spacial score (nSPS) is 12.6. The highest BCUT2D eigenvalue weighted by Crippen LogP contribution is 2.45. The first-order chi connectivity index (χ1) is 18.6.